The summed E-state index contributed by atoms with van der Waals surface area (Å²) in [5.74, 6) is 1.01. The van der Waals surface area contributed by atoms with Gasteiger partial charge >= 0.3 is 0 Å². The summed E-state index contributed by atoms with van der Waals surface area (Å²) in [7, 11) is 0. The number of fused-ring (bicyclic) bond motifs is 1. The van der Waals surface area contributed by atoms with Gasteiger partial charge in [0, 0.05) is 24.5 Å². The molecule has 0 aliphatic heterocycles. The van der Waals surface area contributed by atoms with E-state index in [-0.39, 0.29) is 11.6 Å². The van der Waals surface area contributed by atoms with Crippen LogP contribution in [0.4, 0.5) is 8.78 Å². The Bertz CT molecular complexity index is 1380. The number of aromatic nitrogens is 4. The van der Waals surface area contributed by atoms with E-state index in [9.17, 15) is 8.78 Å². The van der Waals surface area contributed by atoms with E-state index in [1.807, 2.05) is 41.1 Å². The molecule has 6 heteroatoms. The number of hydrogen-bond acceptors (Lipinski definition) is 2. The van der Waals surface area contributed by atoms with E-state index in [1.54, 1.807) is 18.3 Å². The summed E-state index contributed by atoms with van der Waals surface area (Å²) in [4.78, 5) is 9.28. The molecular weight excluding hydrogens is 394 g/mol. The molecule has 0 saturated heterocycles. The Kier molecular flexibility index (Phi) is 4.82. The fraction of sp³-hybridized carbons (Fsp3) is 0.120. The van der Waals surface area contributed by atoms with Crippen molar-refractivity contribution in [3.63, 3.8) is 0 Å². The highest BCUT2D eigenvalue weighted by atomic mass is 19.1. The molecule has 2 heterocycles. The van der Waals surface area contributed by atoms with Crippen LogP contribution in [0.25, 0.3) is 33.5 Å². The van der Waals surface area contributed by atoms with Gasteiger partial charge in [-0.25, -0.2) is 18.7 Å². The number of benzene rings is 3. The summed E-state index contributed by atoms with van der Waals surface area (Å²) in [5, 5.41) is 0. The second-order valence-corrected chi connectivity index (χ2v) is 7.38. The average molecular weight is 414 g/mol. The molecule has 0 aliphatic rings. The second kappa shape index (κ2) is 7.80. The summed E-state index contributed by atoms with van der Waals surface area (Å²) >= 11 is 0. The normalized spacial score (nSPS) is 11.3. The van der Waals surface area contributed by atoms with Crippen molar-refractivity contribution < 1.29 is 8.78 Å². The predicted octanol–water partition coefficient (Wildman–Crippen LogP) is 5.91. The van der Waals surface area contributed by atoms with Crippen molar-refractivity contribution in [3.05, 3.63) is 96.6 Å². The number of nitrogens with zero attached hydrogens (tertiary/aromatic N) is 4. The van der Waals surface area contributed by atoms with Crippen LogP contribution in [0.3, 0.4) is 0 Å². The number of hydrogen-bond donors (Lipinski definition) is 0. The van der Waals surface area contributed by atoms with Gasteiger partial charge in [0.15, 0.2) is 0 Å². The molecule has 0 aliphatic carbocycles. The van der Waals surface area contributed by atoms with Gasteiger partial charge in [0.25, 0.3) is 0 Å². The quantitative estimate of drug-likeness (QED) is 0.358. The second-order valence-electron chi connectivity index (χ2n) is 7.38. The molecular formula is C25H20F2N4. The van der Waals surface area contributed by atoms with Crippen LogP contribution in [-0.2, 0) is 13.1 Å². The number of rotatable bonds is 5. The van der Waals surface area contributed by atoms with Gasteiger partial charge in [-0.1, -0.05) is 30.3 Å². The molecule has 0 atom stereocenters. The third-order valence-corrected chi connectivity index (χ3v) is 5.41. The molecule has 5 aromatic rings. The first-order valence-corrected chi connectivity index (χ1v) is 10.1. The Morgan fingerprint density at radius 3 is 2.29 bits per heavy atom. The molecule has 0 amide bonds. The SMILES string of the molecule is CCn1c(Cn2ccnc2-c2cccc(F)c2)nc2cc(-c3cccc(F)c3)ccc21. The zero-order valence-electron chi connectivity index (χ0n) is 17.0. The van der Waals surface area contributed by atoms with Gasteiger partial charge in [-0.2, -0.15) is 0 Å². The van der Waals surface area contributed by atoms with Crippen LogP contribution in [0.15, 0.2) is 79.1 Å². The Balaban J connectivity index is 1.55. The minimum atomic E-state index is -0.294. The minimum Gasteiger partial charge on any atom is -0.327 e. The van der Waals surface area contributed by atoms with Crippen molar-refractivity contribution in [2.75, 3.05) is 0 Å². The van der Waals surface area contributed by atoms with Crippen molar-refractivity contribution in [2.45, 2.75) is 20.0 Å². The first-order valence-electron chi connectivity index (χ1n) is 10.1. The molecule has 154 valence electrons. The number of aryl methyl sites for hydroxylation is 1. The molecule has 0 unspecified atom stereocenters. The average Bonchev–Trinajstić information content (AvgIpc) is 3.37. The summed E-state index contributed by atoms with van der Waals surface area (Å²) in [5.41, 5.74) is 4.33. The topological polar surface area (TPSA) is 35.6 Å². The predicted molar refractivity (Wildman–Crippen MR) is 118 cm³/mol. The molecule has 0 saturated carbocycles. The molecule has 0 spiro atoms. The van der Waals surface area contributed by atoms with E-state index < -0.39 is 0 Å². The van der Waals surface area contributed by atoms with Crippen molar-refractivity contribution in [3.8, 4) is 22.5 Å². The van der Waals surface area contributed by atoms with Gasteiger partial charge < -0.3 is 9.13 Å². The molecule has 0 radical (unpaired) electrons. The van der Waals surface area contributed by atoms with Gasteiger partial charge in [-0.3, -0.25) is 0 Å². The van der Waals surface area contributed by atoms with Gasteiger partial charge in [-0.05, 0) is 54.4 Å². The third kappa shape index (κ3) is 3.61. The largest absolute Gasteiger partial charge is 0.327 e. The Morgan fingerprint density at radius 1 is 0.839 bits per heavy atom. The van der Waals surface area contributed by atoms with Crippen LogP contribution in [-0.4, -0.2) is 19.1 Å². The summed E-state index contributed by atoms with van der Waals surface area (Å²) in [6, 6.07) is 19.0. The van der Waals surface area contributed by atoms with E-state index in [2.05, 4.69) is 16.5 Å². The molecule has 4 nitrogen and oxygen atoms in total. The van der Waals surface area contributed by atoms with Gasteiger partial charge in [-0.15, -0.1) is 0 Å². The van der Waals surface area contributed by atoms with Crippen LogP contribution < -0.4 is 0 Å². The maximum absolute atomic E-state index is 13.7. The van der Waals surface area contributed by atoms with Gasteiger partial charge in [0.2, 0.25) is 0 Å². The van der Waals surface area contributed by atoms with Crippen LogP contribution in [0.5, 0.6) is 0 Å². The van der Waals surface area contributed by atoms with E-state index >= 15 is 0 Å². The molecule has 0 N–H and O–H groups in total. The Hall–Kier alpha value is -3.80. The highest BCUT2D eigenvalue weighted by Gasteiger charge is 2.14. The lowest BCUT2D eigenvalue weighted by Gasteiger charge is -2.10. The summed E-state index contributed by atoms with van der Waals surface area (Å²) < 4.78 is 31.5. The Morgan fingerprint density at radius 2 is 1.55 bits per heavy atom. The molecule has 31 heavy (non-hydrogen) atoms. The fourth-order valence-electron chi connectivity index (χ4n) is 3.98. The van der Waals surface area contributed by atoms with Crippen LogP contribution >= 0.6 is 0 Å². The zero-order valence-corrected chi connectivity index (χ0v) is 17.0. The Labute approximate surface area is 178 Å². The fourth-order valence-corrected chi connectivity index (χ4v) is 3.98. The van der Waals surface area contributed by atoms with Crippen molar-refractivity contribution in [1.29, 1.82) is 0 Å². The number of halogens is 2. The monoisotopic (exact) mass is 414 g/mol. The van der Waals surface area contributed by atoms with Gasteiger partial charge in [0.1, 0.15) is 23.3 Å². The van der Waals surface area contributed by atoms with Crippen LogP contribution in [0.1, 0.15) is 12.7 Å². The first-order chi connectivity index (χ1) is 15.1. The maximum Gasteiger partial charge on any atom is 0.140 e. The molecule has 5 rings (SSSR count). The van der Waals surface area contributed by atoms with E-state index in [4.69, 9.17) is 4.98 Å². The molecule has 0 bridgehead atoms. The standard InChI is InChI=1S/C25H20F2N4/c1-2-31-23-10-9-18(17-5-3-7-20(26)13-17)15-22(23)29-24(31)16-30-12-11-28-25(30)19-6-4-8-21(27)14-19/h3-15H,2,16H2,1H3. The van der Waals surface area contributed by atoms with Crippen LogP contribution in [0.2, 0.25) is 0 Å². The molecule has 2 aromatic heterocycles. The lowest BCUT2D eigenvalue weighted by atomic mass is 10.1. The first kappa shape index (κ1) is 19.2. The van der Waals surface area contributed by atoms with E-state index in [1.165, 1.54) is 24.3 Å². The smallest absolute Gasteiger partial charge is 0.140 e. The molecule has 0 fully saturated rings. The summed E-state index contributed by atoms with van der Waals surface area (Å²) in [6.45, 7) is 3.34. The minimum absolute atomic E-state index is 0.262. The van der Waals surface area contributed by atoms with Crippen molar-refractivity contribution in [2.24, 2.45) is 0 Å². The van der Waals surface area contributed by atoms with Crippen LogP contribution in [0, 0.1) is 11.6 Å². The lowest BCUT2D eigenvalue weighted by Crippen LogP contribution is -2.08. The number of imidazole rings is 2. The van der Waals surface area contributed by atoms with Crippen molar-refractivity contribution >= 4 is 11.0 Å². The molecule has 3 aromatic carbocycles. The lowest BCUT2D eigenvalue weighted by molar-refractivity contribution is 0.627. The highest BCUT2D eigenvalue weighted by Crippen LogP contribution is 2.27. The van der Waals surface area contributed by atoms with E-state index in [0.29, 0.717) is 12.4 Å². The van der Waals surface area contributed by atoms with Crippen molar-refractivity contribution in [1.82, 2.24) is 19.1 Å². The third-order valence-electron chi connectivity index (χ3n) is 5.41. The highest BCUT2D eigenvalue weighted by molar-refractivity contribution is 5.82. The zero-order chi connectivity index (χ0) is 21.4. The maximum atomic E-state index is 13.7. The van der Waals surface area contributed by atoms with Gasteiger partial charge in [0.05, 0.1) is 17.6 Å². The summed E-state index contributed by atoms with van der Waals surface area (Å²) in [6.07, 6.45) is 3.58. The van der Waals surface area contributed by atoms with E-state index in [0.717, 1.165) is 40.1 Å².